The Morgan fingerprint density at radius 2 is 1.91 bits per heavy atom. The van der Waals surface area contributed by atoms with Crippen LogP contribution >= 0.6 is 0 Å². The maximum absolute atomic E-state index is 13.0. The van der Waals surface area contributed by atoms with Gasteiger partial charge in [0.25, 0.3) is 0 Å². The predicted molar refractivity (Wildman–Crippen MR) is 84.7 cm³/mol. The molecule has 2 N–H and O–H groups in total. The average Bonchev–Trinajstić information content (AvgIpc) is 2.89. The van der Waals surface area contributed by atoms with Crippen molar-refractivity contribution in [3.63, 3.8) is 0 Å². The fraction of sp³-hybridized carbons (Fsp3) is 0.176. The Hall–Kier alpha value is -2.89. The number of rotatable bonds is 3. The van der Waals surface area contributed by atoms with E-state index >= 15 is 0 Å². The Balaban J connectivity index is 2.01. The third-order valence-electron chi connectivity index (χ3n) is 3.65. The van der Waals surface area contributed by atoms with Gasteiger partial charge in [-0.2, -0.15) is 5.10 Å². The molecular weight excluding hydrogens is 297 g/mol. The zero-order valence-electron chi connectivity index (χ0n) is 12.8. The summed E-state index contributed by atoms with van der Waals surface area (Å²) in [6.07, 6.45) is 1.03. The molecule has 5 nitrogen and oxygen atoms in total. The molecule has 0 unspecified atom stereocenters. The minimum absolute atomic E-state index is 0.293. The molecule has 1 amide bonds. The van der Waals surface area contributed by atoms with Crippen LogP contribution in [0.15, 0.2) is 48.7 Å². The van der Waals surface area contributed by atoms with Gasteiger partial charge in [-0.15, -0.1) is 0 Å². The molecule has 2 aromatic carbocycles. The summed E-state index contributed by atoms with van der Waals surface area (Å²) >= 11 is 0. The number of fused-ring (bicyclic) bond motifs is 1. The minimum atomic E-state index is -0.848. The molecule has 3 aromatic rings. The van der Waals surface area contributed by atoms with Crippen LogP contribution < -0.4 is 5.73 Å². The molecular formula is C17H16FN3O2. The van der Waals surface area contributed by atoms with Crippen molar-refractivity contribution in [1.82, 2.24) is 9.78 Å². The highest BCUT2D eigenvalue weighted by Gasteiger charge is 2.25. The maximum atomic E-state index is 13.0. The van der Waals surface area contributed by atoms with Crippen LogP contribution in [0.1, 0.15) is 19.4 Å². The van der Waals surface area contributed by atoms with Crippen LogP contribution in [0.5, 0.6) is 0 Å². The Labute approximate surface area is 132 Å². The lowest BCUT2D eigenvalue weighted by Crippen LogP contribution is -2.28. The largest absolute Gasteiger partial charge is 0.439 e. The van der Waals surface area contributed by atoms with Crippen LogP contribution in [-0.4, -0.2) is 15.9 Å². The molecule has 0 aliphatic heterocycles. The van der Waals surface area contributed by atoms with Gasteiger partial charge >= 0.3 is 6.09 Å². The van der Waals surface area contributed by atoms with Crippen LogP contribution in [0.3, 0.4) is 0 Å². The van der Waals surface area contributed by atoms with Crippen molar-refractivity contribution in [1.29, 1.82) is 0 Å². The molecule has 0 aliphatic carbocycles. The van der Waals surface area contributed by atoms with E-state index in [1.54, 1.807) is 30.7 Å². The van der Waals surface area contributed by atoms with Gasteiger partial charge in [0.1, 0.15) is 11.4 Å². The van der Waals surface area contributed by atoms with Gasteiger partial charge in [-0.1, -0.05) is 12.1 Å². The summed E-state index contributed by atoms with van der Waals surface area (Å²) in [6.45, 7) is 3.52. The van der Waals surface area contributed by atoms with E-state index in [9.17, 15) is 9.18 Å². The molecule has 0 radical (unpaired) electrons. The summed E-state index contributed by atoms with van der Waals surface area (Å²) in [4.78, 5) is 11.0. The molecule has 0 bridgehead atoms. The average molecular weight is 313 g/mol. The van der Waals surface area contributed by atoms with Crippen molar-refractivity contribution in [2.75, 3.05) is 0 Å². The van der Waals surface area contributed by atoms with Gasteiger partial charge in [0.15, 0.2) is 0 Å². The van der Waals surface area contributed by atoms with E-state index in [0.717, 1.165) is 22.2 Å². The number of carbonyl (C=O) groups excluding carboxylic acids is 1. The Morgan fingerprint density at radius 1 is 1.22 bits per heavy atom. The van der Waals surface area contributed by atoms with Gasteiger partial charge in [0.2, 0.25) is 0 Å². The van der Waals surface area contributed by atoms with Crippen molar-refractivity contribution >= 4 is 17.0 Å². The SMILES string of the molecule is CC(C)(OC(N)=O)c1ccc2cn(-c3ccc(F)cc3)nc2c1. The first-order valence-corrected chi connectivity index (χ1v) is 7.09. The number of hydrogen-bond donors (Lipinski definition) is 1. The number of carbonyl (C=O) groups is 1. The number of benzene rings is 2. The van der Waals surface area contributed by atoms with E-state index in [4.69, 9.17) is 10.5 Å². The summed E-state index contributed by atoms with van der Waals surface area (Å²) < 4.78 is 19.8. The molecule has 0 saturated carbocycles. The number of primary amides is 1. The number of halogens is 1. The van der Waals surface area contributed by atoms with Gasteiger partial charge in [-0.05, 0) is 49.7 Å². The molecule has 23 heavy (non-hydrogen) atoms. The van der Waals surface area contributed by atoms with Crippen molar-refractivity contribution in [2.45, 2.75) is 19.4 Å². The van der Waals surface area contributed by atoms with Crippen LogP contribution in [-0.2, 0) is 10.3 Å². The van der Waals surface area contributed by atoms with Gasteiger partial charge in [0, 0.05) is 11.6 Å². The standard InChI is InChI=1S/C17H16FN3O2/c1-17(2,23-16(19)22)12-4-3-11-10-21(20-15(11)9-12)14-7-5-13(18)6-8-14/h3-10H,1-2H3,(H2,19,22). The van der Waals surface area contributed by atoms with Gasteiger partial charge in [-0.25, -0.2) is 13.9 Å². The van der Waals surface area contributed by atoms with Crippen LogP contribution in [0.4, 0.5) is 9.18 Å². The first kappa shape index (κ1) is 15.0. The zero-order valence-corrected chi connectivity index (χ0v) is 12.8. The van der Waals surface area contributed by atoms with Gasteiger partial charge < -0.3 is 10.5 Å². The summed E-state index contributed by atoms with van der Waals surface area (Å²) in [7, 11) is 0. The number of hydrogen-bond acceptors (Lipinski definition) is 3. The maximum Gasteiger partial charge on any atom is 0.405 e. The number of nitrogens with zero attached hydrogens (tertiary/aromatic N) is 2. The van der Waals surface area contributed by atoms with Crippen LogP contribution in [0.25, 0.3) is 16.6 Å². The monoisotopic (exact) mass is 313 g/mol. The molecule has 0 atom stereocenters. The lowest BCUT2D eigenvalue weighted by molar-refractivity contribution is 0.0433. The Morgan fingerprint density at radius 3 is 2.57 bits per heavy atom. The Bertz CT molecular complexity index is 869. The first-order valence-electron chi connectivity index (χ1n) is 7.09. The summed E-state index contributed by atoms with van der Waals surface area (Å²) in [6, 6.07) is 11.7. The molecule has 0 aliphatic rings. The molecule has 118 valence electrons. The third-order valence-corrected chi connectivity index (χ3v) is 3.65. The summed E-state index contributed by atoms with van der Waals surface area (Å²) in [5, 5.41) is 5.41. The van der Waals surface area contributed by atoms with E-state index in [1.807, 2.05) is 24.4 Å². The fourth-order valence-corrected chi connectivity index (χ4v) is 2.43. The van der Waals surface area contributed by atoms with Crippen molar-refractivity contribution < 1.29 is 13.9 Å². The Kier molecular flexibility index (Phi) is 3.52. The van der Waals surface area contributed by atoms with E-state index in [1.165, 1.54) is 12.1 Å². The van der Waals surface area contributed by atoms with Gasteiger partial charge in [0.05, 0.1) is 11.2 Å². The molecule has 1 aromatic heterocycles. The molecule has 1 heterocycles. The lowest BCUT2D eigenvalue weighted by Gasteiger charge is -2.24. The highest BCUT2D eigenvalue weighted by Crippen LogP contribution is 2.28. The van der Waals surface area contributed by atoms with Gasteiger partial charge in [-0.3, -0.25) is 0 Å². The third kappa shape index (κ3) is 3.01. The molecule has 0 fully saturated rings. The van der Waals surface area contributed by atoms with E-state index < -0.39 is 11.7 Å². The second kappa shape index (κ2) is 5.39. The number of aromatic nitrogens is 2. The first-order chi connectivity index (χ1) is 10.8. The van der Waals surface area contributed by atoms with E-state index in [-0.39, 0.29) is 5.82 Å². The number of ether oxygens (including phenoxy) is 1. The smallest absolute Gasteiger partial charge is 0.405 e. The van der Waals surface area contributed by atoms with Crippen LogP contribution in [0.2, 0.25) is 0 Å². The predicted octanol–water partition coefficient (Wildman–Crippen LogP) is 3.50. The normalized spacial score (nSPS) is 11.6. The molecule has 3 rings (SSSR count). The lowest BCUT2D eigenvalue weighted by atomic mass is 9.97. The minimum Gasteiger partial charge on any atom is -0.439 e. The molecule has 6 heteroatoms. The van der Waals surface area contributed by atoms with Crippen LogP contribution in [0, 0.1) is 5.82 Å². The summed E-state index contributed by atoms with van der Waals surface area (Å²) in [5.74, 6) is -0.293. The topological polar surface area (TPSA) is 70.1 Å². The van der Waals surface area contributed by atoms with E-state index in [0.29, 0.717) is 0 Å². The van der Waals surface area contributed by atoms with Crippen molar-refractivity contribution in [3.8, 4) is 5.69 Å². The number of nitrogens with two attached hydrogens (primary N) is 1. The number of amides is 1. The fourth-order valence-electron chi connectivity index (χ4n) is 2.43. The van der Waals surface area contributed by atoms with Crippen molar-refractivity contribution in [3.05, 3.63) is 60.0 Å². The highest BCUT2D eigenvalue weighted by atomic mass is 19.1. The molecule has 0 saturated heterocycles. The quantitative estimate of drug-likeness (QED) is 0.804. The van der Waals surface area contributed by atoms with Crippen molar-refractivity contribution in [2.24, 2.45) is 5.73 Å². The van der Waals surface area contributed by atoms with E-state index in [2.05, 4.69) is 5.10 Å². The second-order valence-electron chi connectivity index (χ2n) is 5.76. The molecule has 0 spiro atoms. The zero-order chi connectivity index (χ0) is 16.6. The second-order valence-corrected chi connectivity index (χ2v) is 5.76. The highest BCUT2D eigenvalue weighted by molar-refractivity contribution is 5.79. The summed E-state index contributed by atoms with van der Waals surface area (Å²) in [5.41, 5.74) is 6.55.